The quantitative estimate of drug-likeness (QED) is 0.592. The molecule has 0 aromatic carbocycles. The van der Waals surface area contributed by atoms with Crippen LogP contribution in [0, 0.1) is 6.92 Å². The number of rotatable bonds is 8. The van der Waals surface area contributed by atoms with Crippen molar-refractivity contribution in [1.82, 2.24) is 9.62 Å². The number of hydrogen-bond donors (Lipinski definition) is 1. The molecule has 1 rings (SSSR count). The van der Waals surface area contributed by atoms with Crippen LogP contribution in [0.4, 0.5) is 0 Å². The van der Waals surface area contributed by atoms with Crippen molar-refractivity contribution in [1.29, 1.82) is 0 Å². The Balaban J connectivity index is 2.91. The molecule has 0 fully saturated rings. The van der Waals surface area contributed by atoms with Gasteiger partial charge in [0.05, 0.1) is 4.90 Å². The Morgan fingerprint density at radius 1 is 1.53 bits per heavy atom. The molecule has 4 nitrogen and oxygen atoms in total. The van der Waals surface area contributed by atoms with Gasteiger partial charge in [-0.15, -0.1) is 17.9 Å². The Morgan fingerprint density at radius 2 is 2.21 bits per heavy atom. The van der Waals surface area contributed by atoms with Gasteiger partial charge >= 0.3 is 0 Å². The van der Waals surface area contributed by atoms with Gasteiger partial charge in [-0.25, -0.2) is 8.42 Å². The monoisotopic (exact) mass is 302 g/mol. The predicted molar refractivity (Wildman–Crippen MR) is 81.1 cm³/mol. The van der Waals surface area contributed by atoms with Crippen LogP contribution in [0.5, 0.6) is 0 Å². The largest absolute Gasteiger partial charge is 0.312 e. The predicted octanol–water partition coefficient (Wildman–Crippen LogP) is 2.36. The molecule has 108 valence electrons. The molecule has 0 aliphatic heterocycles. The van der Waals surface area contributed by atoms with Crippen LogP contribution >= 0.6 is 11.3 Å². The van der Waals surface area contributed by atoms with Crippen molar-refractivity contribution >= 4 is 21.4 Å². The Hall–Kier alpha value is -0.690. The smallest absolute Gasteiger partial charge is 0.244 e. The molecule has 0 radical (unpaired) electrons. The molecule has 0 bridgehead atoms. The van der Waals surface area contributed by atoms with Crippen molar-refractivity contribution in [2.45, 2.75) is 31.7 Å². The van der Waals surface area contributed by atoms with Gasteiger partial charge in [0.1, 0.15) is 0 Å². The average Bonchev–Trinajstić information content (AvgIpc) is 2.72. The minimum absolute atomic E-state index is 0.320. The first-order valence-corrected chi connectivity index (χ1v) is 8.56. The summed E-state index contributed by atoms with van der Waals surface area (Å²) >= 11 is 1.53. The van der Waals surface area contributed by atoms with Gasteiger partial charge < -0.3 is 5.32 Å². The Morgan fingerprint density at radius 3 is 2.79 bits per heavy atom. The molecule has 19 heavy (non-hydrogen) atoms. The standard InChI is InChI=1S/C13H22N2O2S2/c1-5-7-14-10-12-9-13(11(3)18-12)19(16,17)15(4)8-6-2/h6,9,14H,2,5,7-8,10H2,1,3-4H3. The summed E-state index contributed by atoms with van der Waals surface area (Å²) in [5.41, 5.74) is 0. The normalized spacial score (nSPS) is 12.0. The number of hydrogen-bond acceptors (Lipinski definition) is 4. The maximum absolute atomic E-state index is 12.4. The molecule has 0 saturated carbocycles. The van der Waals surface area contributed by atoms with Crippen LogP contribution in [-0.2, 0) is 16.6 Å². The van der Waals surface area contributed by atoms with Crippen LogP contribution in [0.15, 0.2) is 23.6 Å². The summed E-state index contributed by atoms with van der Waals surface area (Å²) in [6, 6.07) is 1.78. The van der Waals surface area contributed by atoms with Crippen molar-refractivity contribution in [2.24, 2.45) is 0 Å². The van der Waals surface area contributed by atoms with Gasteiger partial charge in [-0.1, -0.05) is 13.0 Å². The molecular weight excluding hydrogens is 280 g/mol. The summed E-state index contributed by atoms with van der Waals surface area (Å²) in [6.45, 7) is 9.51. The fourth-order valence-corrected chi connectivity index (χ4v) is 4.41. The van der Waals surface area contributed by atoms with Crippen LogP contribution in [0.25, 0.3) is 0 Å². The maximum Gasteiger partial charge on any atom is 0.244 e. The minimum atomic E-state index is -3.40. The van der Waals surface area contributed by atoms with E-state index in [1.165, 1.54) is 15.6 Å². The number of nitrogens with zero attached hydrogens (tertiary/aromatic N) is 1. The Bertz CT molecular complexity index is 521. The summed E-state index contributed by atoms with van der Waals surface area (Å²) in [4.78, 5) is 2.30. The highest BCUT2D eigenvalue weighted by molar-refractivity contribution is 7.89. The summed E-state index contributed by atoms with van der Waals surface area (Å²) in [5, 5.41) is 3.28. The molecule has 1 aromatic rings. The average molecular weight is 302 g/mol. The number of likely N-dealkylation sites (N-methyl/N-ethyl adjacent to an activating group) is 1. The van der Waals surface area contributed by atoms with E-state index >= 15 is 0 Å². The van der Waals surface area contributed by atoms with Crippen LogP contribution in [-0.4, -0.2) is 32.9 Å². The zero-order valence-corrected chi connectivity index (χ0v) is 13.4. The van der Waals surface area contributed by atoms with Crippen molar-refractivity contribution < 1.29 is 8.42 Å². The van der Waals surface area contributed by atoms with Crippen molar-refractivity contribution in [3.63, 3.8) is 0 Å². The second-order valence-corrected chi connectivity index (χ2v) is 7.74. The lowest BCUT2D eigenvalue weighted by atomic mass is 10.4. The lowest BCUT2D eigenvalue weighted by Gasteiger charge is -2.14. The maximum atomic E-state index is 12.4. The van der Waals surface area contributed by atoms with Crippen molar-refractivity contribution in [2.75, 3.05) is 20.1 Å². The van der Waals surface area contributed by atoms with E-state index < -0.39 is 10.0 Å². The first-order chi connectivity index (χ1) is 8.93. The molecule has 0 unspecified atom stereocenters. The molecule has 0 aliphatic carbocycles. The molecule has 0 saturated heterocycles. The SMILES string of the molecule is C=CCN(C)S(=O)(=O)c1cc(CNCCC)sc1C. The van der Waals surface area contributed by atoms with Gasteiger partial charge in [0.15, 0.2) is 0 Å². The third kappa shape index (κ3) is 4.14. The third-order valence-corrected chi connectivity index (χ3v) is 5.85. The van der Waals surface area contributed by atoms with E-state index in [1.807, 2.05) is 6.92 Å². The zero-order valence-electron chi connectivity index (χ0n) is 11.8. The van der Waals surface area contributed by atoms with Crippen molar-refractivity contribution in [3.05, 3.63) is 28.5 Å². The fraction of sp³-hybridized carbons (Fsp3) is 0.538. The second kappa shape index (κ2) is 7.19. The van der Waals surface area contributed by atoms with E-state index in [0.717, 1.165) is 29.3 Å². The van der Waals surface area contributed by atoms with Gasteiger partial charge in [0.25, 0.3) is 0 Å². The van der Waals surface area contributed by atoms with E-state index in [2.05, 4.69) is 18.8 Å². The summed E-state index contributed by atoms with van der Waals surface area (Å²) in [5.74, 6) is 0. The van der Waals surface area contributed by atoms with Gasteiger partial charge in [-0.2, -0.15) is 4.31 Å². The van der Waals surface area contributed by atoms with E-state index in [0.29, 0.717) is 11.4 Å². The molecule has 1 N–H and O–H groups in total. The van der Waals surface area contributed by atoms with Gasteiger partial charge in [0.2, 0.25) is 10.0 Å². The highest BCUT2D eigenvalue weighted by Crippen LogP contribution is 2.27. The first-order valence-electron chi connectivity index (χ1n) is 6.30. The lowest BCUT2D eigenvalue weighted by molar-refractivity contribution is 0.499. The Kier molecular flexibility index (Phi) is 6.19. The number of sulfonamides is 1. The molecule has 6 heteroatoms. The van der Waals surface area contributed by atoms with E-state index in [4.69, 9.17) is 0 Å². The van der Waals surface area contributed by atoms with Crippen LogP contribution in [0.2, 0.25) is 0 Å². The highest BCUT2D eigenvalue weighted by atomic mass is 32.2. The van der Waals surface area contributed by atoms with Crippen LogP contribution < -0.4 is 5.32 Å². The second-order valence-electron chi connectivity index (χ2n) is 4.38. The Labute approximate surface area is 120 Å². The molecule has 0 atom stereocenters. The third-order valence-electron chi connectivity index (χ3n) is 2.72. The van der Waals surface area contributed by atoms with Gasteiger partial charge in [-0.05, 0) is 26.0 Å². The number of nitrogens with one attached hydrogen (secondary N) is 1. The summed E-state index contributed by atoms with van der Waals surface area (Å²) in [7, 11) is -1.82. The van der Waals surface area contributed by atoms with E-state index in [9.17, 15) is 8.42 Å². The first kappa shape index (κ1) is 16.4. The molecule has 0 amide bonds. The lowest BCUT2D eigenvalue weighted by Crippen LogP contribution is -2.27. The van der Waals surface area contributed by atoms with E-state index in [-0.39, 0.29) is 0 Å². The van der Waals surface area contributed by atoms with E-state index in [1.54, 1.807) is 19.2 Å². The van der Waals surface area contributed by atoms with Gasteiger partial charge in [-0.3, -0.25) is 0 Å². The summed E-state index contributed by atoms with van der Waals surface area (Å²) in [6.07, 6.45) is 2.65. The molecular formula is C13H22N2O2S2. The molecule has 1 heterocycles. The van der Waals surface area contributed by atoms with Gasteiger partial charge in [0, 0.05) is 29.9 Å². The fourth-order valence-electron chi connectivity index (χ4n) is 1.70. The zero-order chi connectivity index (χ0) is 14.5. The minimum Gasteiger partial charge on any atom is -0.312 e. The summed E-state index contributed by atoms with van der Waals surface area (Å²) < 4.78 is 26.0. The highest BCUT2D eigenvalue weighted by Gasteiger charge is 2.23. The van der Waals surface area contributed by atoms with Crippen molar-refractivity contribution in [3.8, 4) is 0 Å². The molecule has 1 aromatic heterocycles. The number of aryl methyl sites for hydroxylation is 1. The van der Waals surface area contributed by atoms with Crippen LogP contribution in [0.1, 0.15) is 23.1 Å². The number of thiophene rings is 1. The topological polar surface area (TPSA) is 49.4 Å². The molecule has 0 spiro atoms. The molecule has 0 aliphatic rings. The van der Waals surface area contributed by atoms with Crippen LogP contribution in [0.3, 0.4) is 0 Å².